The second-order valence-corrected chi connectivity index (χ2v) is 7.37. The molecule has 3 aromatic rings. The molecule has 1 N–H and O–H groups in total. The summed E-state index contributed by atoms with van der Waals surface area (Å²) in [5.74, 6) is 0.0417. The normalized spacial score (nSPS) is 11.5. The summed E-state index contributed by atoms with van der Waals surface area (Å²) in [7, 11) is 0. The van der Waals surface area contributed by atoms with Crippen LogP contribution in [0.2, 0.25) is 0 Å². The average molecular weight is 382 g/mol. The Morgan fingerprint density at radius 3 is 2.71 bits per heavy atom. The van der Waals surface area contributed by atoms with Gasteiger partial charge in [0.1, 0.15) is 0 Å². The maximum atomic E-state index is 12.8. The molecule has 0 aliphatic rings. The molecule has 0 saturated carbocycles. The number of amides is 1. The molecular formula is C20H26N6O2. The van der Waals surface area contributed by atoms with Gasteiger partial charge in [0.15, 0.2) is 5.65 Å². The number of aryl methyl sites for hydroxylation is 1. The summed E-state index contributed by atoms with van der Waals surface area (Å²) < 4.78 is 3.37. The van der Waals surface area contributed by atoms with Gasteiger partial charge < -0.3 is 5.32 Å². The number of carbonyl (C=O) groups is 1. The Hall–Kier alpha value is -3.03. The van der Waals surface area contributed by atoms with E-state index in [1.807, 2.05) is 24.6 Å². The minimum absolute atomic E-state index is 0.154. The Labute approximate surface area is 163 Å². The van der Waals surface area contributed by atoms with Crippen LogP contribution >= 0.6 is 0 Å². The molecule has 0 atom stereocenters. The maximum absolute atomic E-state index is 12.8. The quantitative estimate of drug-likeness (QED) is 0.634. The second kappa shape index (κ2) is 8.33. The van der Waals surface area contributed by atoms with Gasteiger partial charge in [-0.1, -0.05) is 13.8 Å². The predicted octanol–water partition coefficient (Wildman–Crippen LogP) is 2.51. The molecular weight excluding hydrogens is 356 g/mol. The molecule has 8 heteroatoms. The zero-order valence-electron chi connectivity index (χ0n) is 16.7. The van der Waals surface area contributed by atoms with Crippen molar-refractivity contribution in [2.45, 2.75) is 52.6 Å². The number of nitrogens with one attached hydrogen (secondary N) is 1. The number of aromatic nitrogens is 5. The molecule has 0 saturated heterocycles. The molecule has 3 aromatic heterocycles. The van der Waals surface area contributed by atoms with Crippen LogP contribution in [0.15, 0.2) is 35.5 Å². The molecule has 1 amide bonds. The summed E-state index contributed by atoms with van der Waals surface area (Å²) in [6.45, 7) is 9.14. The van der Waals surface area contributed by atoms with Gasteiger partial charge in [-0.2, -0.15) is 5.10 Å². The number of fused-ring (bicyclic) bond motifs is 1. The molecule has 0 spiro atoms. The van der Waals surface area contributed by atoms with Crippen molar-refractivity contribution in [2.75, 3.05) is 6.54 Å². The number of pyridine rings is 1. The van der Waals surface area contributed by atoms with E-state index in [2.05, 4.69) is 29.2 Å². The first-order chi connectivity index (χ1) is 13.4. The molecule has 0 aliphatic carbocycles. The van der Waals surface area contributed by atoms with Crippen molar-refractivity contribution in [1.82, 2.24) is 29.6 Å². The third-order valence-electron chi connectivity index (χ3n) is 4.56. The van der Waals surface area contributed by atoms with Crippen LogP contribution in [0.1, 0.15) is 62.1 Å². The molecule has 8 nitrogen and oxygen atoms in total. The lowest BCUT2D eigenvalue weighted by Gasteiger charge is -2.12. The Balaban J connectivity index is 1.77. The zero-order valence-corrected chi connectivity index (χ0v) is 16.7. The average Bonchev–Trinajstić information content (AvgIpc) is 3.09. The van der Waals surface area contributed by atoms with Gasteiger partial charge in [0, 0.05) is 37.2 Å². The molecule has 0 radical (unpaired) electrons. The van der Waals surface area contributed by atoms with Gasteiger partial charge in [-0.05, 0) is 38.3 Å². The predicted molar refractivity (Wildman–Crippen MR) is 107 cm³/mol. The number of hydrogen-bond acceptors (Lipinski definition) is 5. The van der Waals surface area contributed by atoms with Gasteiger partial charge in [-0.25, -0.2) is 19.4 Å². The van der Waals surface area contributed by atoms with E-state index in [0.29, 0.717) is 25.1 Å². The van der Waals surface area contributed by atoms with Crippen LogP contribution in [-0.2, 0) is 6.54 Å². The lowest BCUT2D eigenvalue weighted by molar-refractivity contribution is 0.0954. The monoisotopic (exact) mass is 382 g/mol. The molecule has 0 unspecified atom stereocenters. The van der Waals surface area contributed by atoms with Gasteiger partial charge in [-0.15, -0.1) is 0 Å². The van der Waals surface area contributed by atoms with Crippen molar-refractivity contribution in [1.29, 1.82) is 0 Å². The zero-order chi connectivity index (χ0) is 20.3. The number of nitrogens with zero attached hydrogens (tertiary/aromatic N) is 5. The Morgan fingerprint density at radius 2 is 2.04 bits per heavy atom. The highest BCUT2D eigenvalue weighted by Crippen LogP contribution is 2.24. The number of rotatable bonds is 7. The first-order valence-corrected chi connectivity index (χ1v) is 9.56. The Morgan fingerprint density at radius 1 is 1.25 bits per heavy atom. The Bertz CT molecular complexity index is 1030. The van der Waals surface area contributed by atoms with E-state index in [4.69, 9.17) is 4.98 Å². The molecule has 0 fully saturated rings. The minimum atomic E-state index is -0.285. The first kappa shape index (κ1) is 19.7. The van der Waals surface area contributed by atoms with E-state index in [-0.39, 0.29) is 23.6 Å². The smallest absolute Gasteiger partial charge is 0.347 e. The fourth-order valence-corrected chi connectivity index (χ4v) is 3.00. The van der Waals surface area contributed by atoms with Crippen LogP contribution in [0.4, 0.5) is 0 Å². The number of carbonyl (C=O) groups excluding carboxylic acids is 1. The molecule has 28 heavy (non-hydrogen) atoms. The molecule has 3 rings (SSSR count). The van der Waals surface area contributed by atoms with Gasteiger partial charge in [0.2, 0.25) is 0 Å². The topological polar surface area (TPSA) is 94.7 Å². The van der Waals surface area contributed by atoms with E-state index >= 15 is 0 Å². The van der Waals surface area contributed by atoms with E-state index in [9.17, 15) is 9.59 Å². The lowest BCUT2D eigenvalue weighted by atomic mass is 10.0. The molecule has 3 heterocycles. The largest absolute Gasteiger partial charge is 0.352 e. The summed E-state index contributed by atoms with van der Waals surface area (Å²) in [5.41, 5.74) is 1.89. The van der Waals surface area contributed by atoms with E-state index in [0.717, 1.165) is 16.7 Å². The molecule has 0 aromatic carbocycles. The first-order valence-electron chi connectivity index (χ1n) is 9.56. The SMILES string of the molecule is CC(C)c1cc(C(=O)NCCCn2cccnc2=O)c2cnn(C(C)C)c2n1. The summed E-state index contributed by atoms with van der Waals surface area (Å²) in [6, 6.07) is 3.72. The standard InChI is InChI=1S/C20H26N6O2/c1-13(2)17-11-15(16-12-23-26(14(3)4)18(16)24-17)19(27)21-7-5-9-25-10-6-8-22-20(25)28/h6,8,10-14H,5,7,9H2,1-4H3,(H,21,27). The summed E-state index contributed by atoms with van der Waals surface area (Å²) in [6.07, 6.45) is 5.50. The Kier molecular flexibility index (Phi) is 5.87. The third-order valence-corrected chi connectivity index (χ3v) is 4.56. The van der Waals surface area contributed by atoms with Crippen molar-refractivity contribution in [2.24, 2.45) is 0 Å². The van der Waals surface area contributed by atoms with Gasteiger partial charge in [0.05, 0.1) is 17.1 Å². The minimum Gasteiger partial charge on any atom is -0.352 e. The summed E-state index contributed by atoms with van der Waals surface area (Å²) in [4.78, 5) is 32.9. The highest BCUT2D eigenvalue weighted by Gasteiger charge is 2.18. The van der Waals surface area contributed by atoms with Crippen molar-refractivity contribution >= 4 is 16.9 Å². The van der Waals surface area contributed by atoms with E-state index in [1.165, 1.54) is 10.8 Å². The number of hydrogen-bond donors (Lipinski definition) is 1. The maximum Gasteiger partial charge on any atom is 0.347 e. The molecule has 0 aliphatic heterocycles. The van der Waals surface area contributed by atoms with E-state index in [1.54, 1.807) is 18.5 Å². The van der Waals surface area contributed by atoms with Crippen LogP contribution in [-0.4, -0.2) is 36.8 Å². The van der Waals surface area contributed by atoms with Crippen molar-refractivity contribution in [3.05, 3.63) is 52.5 Å². The van der Waals surface area contributed by atoms with Crippen LogP contribution in [0.5, 0.6) is 0 Å². The highest BCUT2D eigenvalue weighted by atomic mass is 16.2. The summed E-state index contributed by atoms with van der Waals surface area (Å²) in [5, 5.41) is 8.11. The van der Waals surface area contributed by atoms with E-state index < -0.39 is 0 Å². The summed E-state index contributed by atoms with van der Waals surface area (Å²) >= 11 is 0. The third kappa shape index (κ3) is 4.11. The molecule has 0 bridgehead atoms. The van der Waals surface area contributed by atoms with Gasteiger partial charge in [0.25, 0.3) is 5.91 Å². The fraction of sp³-hybridized carbons (Fsp3) is 0.450. The van der Waals surface area contributed by atoms with Crippen molar-refractivity contribution in [3.8, 4) is 0 Å². The van der Waals surface area contributed by atoms with Crippen molar-refractivity contribution < 1.29 is 4.79 Å². The van der Waals surface area contributed by atoms with Gasteiger partial charge in [-0.3, -0.25) is 9.36 Å². The molecule has 148 valence electrons. The van der Waals surface area contributed by atoms with Crippen LogP contribution in [0.25, 0.3) is 11.0 Å². The highest BCUT2D eigenvalue weighted by molar-refractivity contribution is 6.05. The van der Waals surface area contributed by atoms with Crippen LogP contribution in [0.3, 0.4) is 0 Å². The van der Waals surface area contributed by atoms with Gasteiger partial charge >= 0.3 is 5.69 Å². The van der Waals surface area contributed by atoms with Crippen molar-refractivity contribution in [3.63, 3.8) is 0 Å². The lowest BCUT2D eigenvalue weighted by Crippen LogP contribution is -2.28. The second-order valence-electron chi connectivity index (χ2n) is 7.37. The van der Waals surface area contributed by atoms with Crippen LogP contribution < -0.4 is 11.0 Å². The fourth-order valence-electron chi connectivity index (χ4n) is 3.00. The van der Waals surface area contributed by atoms with Crippen LogP contribution in [0, 0.1) is 0 Å².